The average molecular weight is 396 g/mol. The van der Waals surface area contributed by atoms with E-state index < -0.39 is 0 Å². The summed E-state index contributed by atoms with van der Waals surface area (Å²) in [6, 6.07) is 30.0. The molecule has 0 bridgehead atoms. The van der Waals surface area contributed by atoms with Crippen LogP contribution in [0.5, 0.6) is 0 Å². The molecule has 5 rings (SSSR count). The van der Waals surface area contributed by atoms with Gasteiger partial charge in [0.1, 0.15) is 5.84 Å². The van der Waals surface area contributed by atoms with E-state index in [4.69, 9.17) is 4.99 Å². The molecule has 3 nitrogen and oxygen atoms in total. The Bertz CT molecular complexity index is 965. The SMILES string of the molecule is c1ccc(C(CN=C2Nc3ccccc3NC23CCCCC3)c2ccccc2)cc1. The first-order valence-electron chi connectivity index (χ1n) is 11.1. The third kappa shape index (κ3) is 3.72. The van der Waals surface area contributed by atoms with E-state index in [1.807, 2.05) is 0 Å². The Morgan fingerprint density at radius 3 is 1.90 bits per heavy atom. The first-order chi connectivity index (χ1) is 14.8. The minimum Gasteiger partial charge on any atom is -0.371 e. The quantitative estimate of drug-likeness (QED) is 0.532. The third-order valence-electron chi connectivity index (χ3n) is 6.55. The van der Waals surface area contributed by atoms with E-state index in [9.17, 15) is 0 Å². The molecule has 3 heteroatoms. The van der Waals surface area contributed by atoms with Crippen LogP contribution in [0.4, 0.5) is 11.4 Å². The van der Waals surface area contributed by atoms with Gasteiger partial charge in [0.25, 0.3) is 0 Å². The molecule has 0 unspecified atom stereocenters. The normalized spacial score (nSPS) is 18.6. The van der Waals surface area contributed by atoms with Crippen LogP contribution in [0.2, 0.25) is 0 Å². The van der Waals surface area contributed by atoms with Crippen molar-refractivity contribution in [2.75, 3.05) is 17.2 Å². The number of nitrogens with zero attached hydrogens (tertiary/aromatic N) is 1. The van der Waals surface area contributed by atoms with Crippen LogP contribution < -0.4 is 10.6 Å². The number of para-hydroxylation sites is 2. The van der Waals surface area contributed by atoms with Crippen molar-refractivity contribution in [3.05, 3.63) is 96.1 Å². The van der Waals surface area contributed by atoms with Gasteiger partial charge in [-0.05, 0) is 36.1 Å². The van der Waals surface area contributed by atoms with Crippen molar-refractivity contribution in [3.8, 4) is 0 Å². The highest BCUT2D eigenvalue weighted by Gasteiger charge is 2.40. The fraction of sp³-hybridized carbons (Fsp3) is 0.296. The molecule has 0 aromatic heterocycles. The highest BCUT2D eigenvalue weighted by Crippen LogP contribution is 2.39. The van der Waals surface area contributed by atoms with E-state index in [1.54, 1.807) is 0 Å². The van der Waals surface area contributed by atoms with Crippen molar-refractivity contribution in [2.24, 2.45) is 4.99 Å². The first kappa shape index (κ1) is 18.9. The summed E-state index contributed by atoms with van der Waals surface area (Å²) in [5.74, 6) is 1.36. The van der Waals surface area contributed by atoms with Gasteiger partial charge in [0.15, 0.2) is 0 Å². The lowest BCUT2D eigenvalue weighted by Crippen LogP contribution is -2.53. The van der Waals surface area contributed by atoms with Gasteiger partial charge in [-0.1, -0.05) is 92.1 Å². The van der Waals surface area contributed by atoms with Crippen LogP contribution in [0.15, 0.2) is 89.9 Å². The monoisotopic (exact) mass is 395 g/mol. The molecule has 3 aromatic carbocycles. The van der Waals surface area contributed by atoms with Gasteiger partial charge in [-0.2, -0.15) is 0 Å². The van der Waals surface area contributed by atoms with Crippen molar-refractivity contribution < 1.29 is 0 Å². The Morgan fingerprint density at radius 1 is 0.700 bits per heavy atom. The van der Waals surface area contributed by atoms with E-state index >= 15 is 0 Å². The van der Waals surface area contributed by atoms with E-state index in [-0.39, 0.29) is 11.5 Å². The molecule has 1 aliphatic heterocycles. The van der Waals surface area contributed by atoms with Gasteiger partial charge in [-0.15, -0.1) is 0 Å². The van der Waals surface area contributed by atoms with E-state index in [2.05, 4.69) is 95.6 Å². The van der Waals surface area contributed by atoms with Gasteiger partial charge in [-0.3, -0.25) is 4.99 Å². The molecular weight excluding hydrogens is 366 g/mol. The van der Waals surface area contributed by atoms with Crippen LogP contribution in [-0.4, -0.2) is 17.9 Å². The number of aliphatic imine (C=N–C) groups is 1. The minimum atomic E-state index is -0.0650. The fourth-order valence-electron chi connectivity index (χ4n) is 4.93. The topological polar surface area (TPSA) is 36.4 Å². The first-order valence-corrected chi connectivity index (χ1v) is 11.1. The van der Waals surface area contributed by atoms with Gasteiger partial charge in [0.2, 0.25) is 0 Å². The highest BCUT2D eigenvalue weighted by atomic mass is 15.2. The van der Waals surface area contributed by atoms with Crippen LogP contribution in [0.3, 0.4) is 0 Å². The van der Waals surface area contributed by atoms with Gasteiger partial charge in [-0.25, -0.2) is 0 Å². The van der Waals surface area contributed by atoms with Crippen molar-refractivity contribution >= 4 is 17.2 Å². The van der Waals surface area contributed by atoms with Crippen LogP contribution in [0.1, 0.15) is 49.1 Å². The molecule has 1 heterocycles. The molecular formula is C27H29N3. The summed E-state index contributed by atoms with van der Waals surface area (Å²) in [6.45, 7) is 0.738. The predicted molar refractivity (Wildman–Crippen MR) is 127 cm³/mol. The van der Waals surface area contributed by atoms with E-state index in [0.717, 1.165) is 30.9 Å². The Balaban J connectivity index is 1.51. The van der Waals surface area contributed by atoms with Crippen molar-refractivity contribution in [2.45, 2.75) is 43.6 Å². The molecule has 3 aromatic rings. The highest BCUT2D eigenvalue weighted by molar-refractivity contribution is 6.09. The molecule has 2 aliphatic rings. The summed E-state index contributed by atoms with van der Waals surface area (Å²) in [6.07, 6.45) is 6.07. The summed E-state index contributed by atoms with van der Waals surface area (Å²) < 4.78 is 0. The van der Waals surface area contributed by atoms with E-state index in [0.29, 0.717) is 0 Å². The number of hydrogen-bond donors (Lipinski definition) is 2. The molecule has 0 atom stereocenters. The minimum absolute atomic E-state index is 0.0650. The number of anilines is 2. The van der Waals surface area contributed by atoms with Gasteiger partial charge in [0.05, 0.1) is 23.5 Å². The Labute approximate surface area is 179 Å². The number of fused-ring (bicyclic) bond motifs is 1. The number of benzene rings is 3. The Hall–Kier alpha value is -3.07. The van der Waals surface area contributed by atoms with Crippen LogP contribution in [0.25, 0.3) is 0 Å². The third-order valence-corrected chi connectivity index (χ3v) is 6.55. The molecule has 2 N–H and O–H groups in total. The maximum absolute atomic E-state index is 5.26. The number of rotatable bonds is 4. The fourth-order valence-corrected chi connectivity index (χ4v) is 4.93. The number of amidine groups is 1. The Kier molecular flexibility index (Phi) is 5.27. The van der Waals surface area contributed by atoms with Crippen LogP contribution in [0, 0.1) is 0 Å². The standard InChI is InChI=1S/C27H29N3/c1-4-12-21(13-5-1)23(22-14-6-2-7-15-22)20-28-26-27(18-10-3-11-19-27)30-25-17-9-8-16-24(25)29-26/h1-2,4-9,12-17,23,30H,3,10-11,18-20H2,(H,28,29). The molecule has 1 aliphatic carbocycles. The summed E-state index contributed by atoms with van der Waals surface area (Å²) in [4.78, 5) is 5.26. The molecule has 152 valence electrons. The van der Waals surface area contributed by atoms with Gasteiger partial charge in [0, 0.05) is 5.92 Å². The van der Waals surface area contributed by atoms with Crippen LogP contribution in [-0.2, 0) is 0 Å². The van der Waals surface area contributed by atoms with Crippen molar-refractivity contribution in [3.63, 3.8) is 0 Å². The molecule has 0 radical (unpaired) electrons. The lowest BCUT2D eigenvalue weighted by molar-refractivity contribution is 0.402. The second-order valence-electron chi connectivity index (χ2n) is 8.50. The maximum Gasteiger partial charge on any atom is 0.127 e. The summed E-state index contributed by atoms with van der Waals surface area (Å²) in [5.41, 5.74) is 4.89. The van der Waals surface area contributed by atoms with Crippen LogP contribution >= 0.6 is 0 Å². The molecule has 1 saturated carbocycles. The zero-order valence-corrected chi connectivity index (χ0v) is 17.4. The lowest BCUT2D eigenvalue weighted by atomic mass is 9.79. The Morgan fingerprint density at radius 2 is 1.27 bits per heavy atom. The van der Waals surface area contributed by atoms with Crippen molar-refractivity contribution in [1.82, 2.24) is 0 Å². The average Bonchev–Trinajstić information content (AvgIpc) is 2.81. The second kappa shape index (κ2) is 8.35. The largest absolute Gasteiger partial charge is 0.371 e. The molecule has 1 fully saturated rings. The molecule has 1 spiro atoms. The zero-order chi connectivity index (χ0) is 20.2. The lowest BCUT2D eigenvalue weighted by Gasteiger charge is -2.44. The number of hydrogen-bond acceptors (Lipinski definition) is 2. The molecule has 0 amide bonds. The zero-order valence-electron chi connectivity index (χ0n) is 17.4. The maximum atomic E-state index is 5.26. The predicted octanol–water partition coefficient (Wildman–Crippen LogP) is 6.46. The molecule has 30 heavy (non-hydrogen) atoms. The second-order valence-corrected chi connectivity index (χ2v) is 8.50. The number of nitrogens with one attached hydrogen (secondary N) is 2. The summed E-state index contributed by atoms with van der Waals surface area (Å²) in [5, 5.41) is 7.58. The summed E-state index contributed by atoms with van der Waals surface area (Å²) >= 11 is 0. The summed E-state index contributed by atoms with van der Waals surface area (Å²) in [7, 11) is 0. The van der Waals surface area contributed by atoms with Gasteiger partial charge < -0.3 is 10.6 Å². The smallest absolute Gasteiger partial charge is 0.127 e. The van der Waals surface area contributed by atoms with Crippen molar-refractivity contribution in [1.29, 1.82) is 0 Å². The van der Waals surface area contributed by atoms with E-state index in [1.165, 1.54) is 36.1 Å². The van der Waals surface area contributed by atoms with Gasteiger partial charge >= 0.3 is 0 Å². The molecule has 0 saturated heterocycles.